The van der Waals surface area contributed by atoms with Gasteiger partial charge in [-0.25, -0.2) is 0 Å². The zero-order valence-corrected chi connectivity index (χ0v) is 13.0. The molecular formula is C16H24N2OS. The Kier molecular flexibility index (Phi) is 4.01. The van der Waals surface area contributed by atoms with Gasteiger partial charge in [0.25, 0.3) is 0 Å². The Labute approximate surface area is 124 Å². The molecule has 0 bridgehead atoms. The second kappa shape index (κ2) is 5.76. The molecule has 0 radical (unpaired) electrons. The van der Waals surface area contributed by atoms with Crippen molar-refractivity contribution < 1.29 is 4.79 Å². The number of hydrogen-bond acceptors (Lipinski definition) is 4. The molecule has 1 aromatic heterocycles. The van der Waals surface area contributed by atoms with Crippen LogP contribution in [0.15, 0.2) is 6.07 Å². The van der Waals surface area contributed by atoms with Gasteiger partial charge in [0.05, 0.1) is 15.6 Å². The third-order valence-electron chi connectivity index (χ3n) is 4.70. The van der Waals surface area contributed by atoms with Crippen LogP contribution in [0.25, 0.3) is 0 Å². The van der Waals surface area contributed by atoms with Gasteiger partial charge in [-0.3, -0.25) is 4.79 Å². The van der Waals surface area contributed by atoms with Crippen LogP contribution in [0.1, 0.15) is 61.5 Å². The lowest BCUT2D eigenvalue weighted by Gasteiger charge is -2.28. The first-order valence-corrected chi connectivity index (χ1v) is 8.69. The second-order valence-corrected chi connectivity index (χ2v) is 7.36. The zero-order valence-electron chi connectivity index (χ0n) is 12.2. The summed E-state index contributed by atoms with van der Waals surface area (Å²) in [5.74, 6) is 1.42. The zero-order chi connectivity index (χ0) is 14.1. The lowest BCUT2D eigenvalue weighted by molar-refractivity contribution is 0.0972. The van der Waals surface area contributed by atoms with Crippen LogP contribution >= 0.6 is 11.3 Å². The van der Waals surface area contributed by atoms with Gasteiger partial charge in [-0.15, -0.1) is 11.3 Å². The summed E-state index contributed by atoms with van der Waals surface area (Å²) in [5.41, 5.74) is 6.67. The summed E-state index contributed by atoms with van der Waals surface area (Å²) in [4.78, 5) is 12.9. The minimum absolute atomic E-state index is 0.254. The number of ketones is 1. The van der Waals surface area contributed by atoms with E-state index >= 15 is 0 Å². The highest BCUT2D eigenvalue weighted by Crippen LogP contribution is 2.39. The van der Waals surface area contributed by atoms with Crippen LogP contribution in [0.2, 0.25) is 0 Å². The fourth-order valence-electron chi connectivity index (χ4n) is 3.12. The maximum absolute atomic E-state index is 12.1. The average Bonchev–Trinajstić information content (AvgIpc) is 3.24. The number of rotatable bonds is 5. The summed E-state index contributed by atoms with van der Waals surface area (Å²) in [7, 11) is 0. The molecule has 4 heteroatoms. The highest BCUT2D eigenvalue weighted by atomic mass is 32.1. The smallest absolute Gasteiger partial charge is 0.178 e. The predicted octanol–water partition coefficient (Wildman–Crippen LogP) is 4.30. The van der Waals surface area contributed by atoms with Crippen LogP contribution < -0.4 is 11.1 Å². The molecule has 3 N–H and O–H groups in total. The molecule has 0 amide bonds. The molecule has 2 fully saturated rings. The first-order valence-electron chi connectivity index (χ1n) is 7.87. The van der Waals surface area contributed by atoms with Gasteiger partial charge in [0.2, 0.25) is 0 Å². The van der Waals surface area contributed by atoms with E-state index in [-0.39, 0.29) is 11.7 Å². The van der Waals surface area contributed by atoms with E-state index in [1.165, 1.54) is 32.1 Å². The molecular weight excluding hydrogens is 268 g/mol. The van der Waals surface area contributed by atoms with Crippen LogP contribution in [-0.4, -0.2) is 11.8 Å². The molecule has 3 rings (SSSR count). The average molecular weight is 292 g/mol. The molecule has 0 atom stereocenters. The molecule has 2 aliphatic carbocycles. The lowest BCUT2D eigenvalue weighted by atomic mass is 9.84. The summed E-state index contributed by atoms with van der Waals surface area (Å²) in [6.07, 6.45) is 8.51. The Morgan fingerprint density at radius 2 is 2.00 bits per heavy atom. The summed E-state index contributed by atoms with van der Waals surface area (Å²) in [5, 5.41) is 4.66. The molecule has 0 unspecified atom stereocenters. The summed E-state index contributed by atoms with van der Waals surface area (Å²) >= 11 is 1.55. The van der Waals surface area contributed by atoms with Crippen molar-refractivity contribution >= 4 is 27.8 Å². The fraction of sp³-hybridized carbons (Fsp3) is 0.688. The van der Waals surface area contributed by atoms with E-state index in [1.807, 2.05) is 6.07 Å². The van der Waals surface area contributed by atoms with Crippen LogP contribution in [0.3, 0.4) is 0 Å². The predicted molar refractivity (Wildman–Crippen MR) is 85.4 cm³/mol. The Morgan fingerprint density at radius 3 is 2.60 bits per heavy atom. The van der Waals surface area contributed by atoms with Crippen LogP contribution in [0, 0.1) is 11.8 Å². The van der Waals surface area contributed by atoms with E-state index in [2.05, 4.69) is 12.2 Å². The molecule has 0 spiro atoms. The third kappa shape index (κ3) is 3.00. The molecule has 3 nitrogen and oxygen atoms in total. The molecule has 110 valence electrons. The van der Waals surface area contributed by atoms with E-state index in [4.69, 9.17) is 5.73 Å². The van der Waals surface area contributed by atoms with E-state index in [1.54, 1.807) is 11.3 Å². The van der Waals surface area contributed by atoms with Crippen molar-refractivity contribution in [3.8, 4) is 0 Å². The van der Waals surface area contributed by atoms with Crippen molar-refractivity contribution in [2.45, 2.75) is 57.9 Å². The number of Topliss-reactive ketones (excluding diaryl/α,β-unsaturated/α-hetero) is 1. The Balaban J connectivity index is 1.60. The SMILES string of the molecule is CCC1CCC(Nc2cc(N)c(C(=O)C3CC3)s2)CC1. The number of anilines is 2. The largest absolute Gasteiger partial charge is 0.397 e. The van der Waals surface area contributed by atoms with E-state index in [9.17, 15) is 4.79 Å². The molecule has 0 saturated heterocycles. The van der Waals surface area contributed by atoms with Crippen LogP contribution in [0.5, 0.6) is 0 Å². The molecule has 0 aliphatic heterocycles. The molecule has 2 saturated carbocycles. The maximum atomic E-state index is 12.1. The van der Waals surface area contributed by atoms with Crippen molar-refractivity contribution in [1.82, 2.24) is 0 Å². The van der Waals surface area contributed by atoms with E-state index in [0.717, 1.165) is 28.6 Å². The van der Waals surface area contributed by atoms with Gasteiger partial charge in [-0.05, 0) is 50.5 Å². The Morgan fingerprint density at radius 1 is 1.30 bits per heavy atom. The quantitative estimate of drug-likeness (QED) is 0.795. The van der Waals surface area contributed by atoms with Crippen molar-refractivity contribution in [1.29, 1.82) is 0 Å². The normalized spacial score (nSPS) is 26.4. The number of hydrogen-bond donors (Lipinski definition) is 2. The minimum Gasteiger partial charge on any atom is -0.397 e. The van der Waals surface area contributed by atoms with Gasteiger partial charge in [0.1, 0.15) is 0 Å². The Hall–Kier alpha value is -1.03. The number of carbonyl (C=O) groups is 1. The fourth-order valence-corrected chi connectivity index (χ4v) is 4.19. The van der Waals surface area contributed by atoms with Crippen molar-refractivity contribution in [3.05, 3.63) is 10.9 Å². The first kappa shape index (κ1) is 13.9. The number of nitrogens with two attached hydrogens (primary N) is 1. The van der Waals surface area contributed by atoms with E-state index in [0.29, 0.717) is 11.7 Å². The topological polar surface area (TPSA) is 55.1 Å². The maximum Gasteiger partial charge on any atom is 0.178 e. The number of nitrogens with one attached hydrogen (secondary N) is 1. The molecule has 1 heterocycles. The second-order valence-electron chi connectivity index (χ2n) is 6.30. The summed E-state index contributed by atoms with van der Waals surface area (Å²) in [6, 6.07) is 2.51. The third-order valence-corrected chi connectivity index (χ3v) is 5.80. The highest BCUT2D eigenvalue weighted by molar-refractivity contribution is 7.18. The monoisotopic (exact) mass is 292 g/mol. The van der Waals surface area contributed by atoms with E-state index < -0.39 is 0 Å². The minimum atomic E-state index is 0.254. The van der Waals surface area contributed by atoms with Crippen molar-refractivity contribution in [2.75, 3.05) is 11.1 Å². The molecule has 2 aliphatic rings. The first-order chi connectivity index (χ1) is 9.67. The summed E-state index contributed by atoms with van der Waals surface area (Å²) in [6.45, 7) is 2.29. The van der Waals surface area contributed by atoms with Crippen LogP contribution in [-0.2, 0) is 0 Å². The van der Waals surface area contributed by atoms with Crippen LogP contribution in [0.4, 0.5) is 10.7 Å². The van der Waals surface area contributed by atoms with Gasteiger partial charge in [0.15, 0.2) is 5.78 Å². The molecule has 1 aromatic rings. The van der Waals surface area contributed by atoms with Crippen molar-refractivity contribution in [3.63, 3.8) is 0 Å². The summed E-state index contributed by atoms with van der Waals surface area (Å²) < 4.78 is 0. The molecule has 20 heavy (non-hydrogen) atoms. The molecule has 0 aromatic carbocycles. The van der Waals surface area contributed by atoms with Gasteiger partial charge in [0, 0.05) is 12.0 Å². The number of nitrogen functional groups attached to an aromatic ring is 1. The van der Waals surface area contributed by atoms with Gasteiger partial charge in [-0.1, -0.05) is 13.3 Å². The van der Waals surface area contributed by atoms with Gasteiger partial charge in [-0.2, -0.15) is 0 Å². The number of thiophene rings is 1. The Bertz CT molecular complexity index is 485. The van der Waals surface area contributed by atoms with Crippen molar-refractivity contribution in [2.24, 2.45) is 11.8 Å². The van der Waals surface area contributed by atoms with Gasteiger partial charge >= 0.3 is 0 Å². The van der Waals surface area contributed by atoms with Gasteiger partial charge < -0.3 is 11.1 Å². The highest BCUT2D eigenvalue weighted by Gasteiger charge is 2.33. The number of carbonyl (C=O) groups excluding carboxylic acids is 1. The lowest BCUT2D eigenvalue weighted by Crippen LogP contribution is -2.25. The standard InChI is InChI=1S/C16H24N2OS/c1-2-10-3-7-12(8-4-10)18-14-9-13(17)16(20-14)15(19)11-5-6-11/h9-12,18H,2-8,17H2,1H3.